The van der Waals surface area contributed by atoms with Gasteiger partial charge in [-0.1, -0.05) is 0 Å². The average Bonchev–Trinajstić information content (AvgIpc) is 2.19. The highest BCUT2D eigenvalue weighted by Crippen LogP contribution is 2.27. The van der Waals surface area contributed by atoms with Gasteiger partial charge < -0.3 is 10.2 Å². The minimum Gasteiger partial charge on any atom is -0.365 e. The van der Waals surface area contributed by atoms with Crippen LogP contribution in [0.1, 0.15) is 28.4 Å². The van der Waals surface area contributed by atoms with Crippen LogP contribution in [0.2, 0.25) is 0 Å². The molecule has 1 aromatic rings. The fourth-order valence-corrected chi connectivity index (χ4v) is 1.80. The van der Waals surface area contributed by atoms with E-state index >= 15 is 0 Å². The molecule has 1 amide bonds. The predicted molar refractivity (Wildman–Crippen MR) is 61.1 cm³/mol. The van der Waals surface area contributed by atoms with Crippen molar-refractivity contribution in [2.45, 2.75) is 26.9 Å². The molecule has 1 aromatic carbocycles. The van der Waals surface area contributed by atoms with Crippen LogP contribution in [0.3, 0.4) is 0 Å². The van der Waals surface area contributed by atoms with Crippen molar-refractivity contribution in [1.82, 2.24) is 4.90 Å². The number of hydrogen-bond acceptors (Lipinski definition) is 2. The lowest BCUT2D eigenvalue weighted by Gasteiger charge is -2.33. The van der Waals surface area contributed by atoms with Gasteiger partial charge in [0, 0.05) is 12.7 Å². The van der Waals surface area contributed by atoms with Gasteiger partial charge in [-0.15, -0.1) is 0 Å². The molecule has 0 bridgehead atoms. The molecule has 0 aliphatic carbocycles. The van der Waals surface area contributed by atoms with Crippen molar-refractivity contribution in [2.24, 2.45) is 0 Å². The lowest BCUT2D eigenvalue weighted by molar-refractivity contribution is 0.0748. The number of hydrogen-bond donors (Lipinski definition) is 1. The fourth-order valence-electron chi connectivity index (χ4n) is 1.80. The van der Waals surface area contributed by atoms with Crippen molar-refractivity contribution in [3.05, 3.63) is 28.8 Å². The summed E-state index contributed by atoms with van der Waals surface area (Å²) in [4.78, 5) is 13.7. The van der Waals surface area contributed by atoms with Crippen molar-refractivity contribution in [2.75, 3.05) is 12.4 Å². The molecule has 80 valence electrons. The first-order valence-corrected chi connectivity index (χ1v) is 5.15. The van der Waals surface area contributed by atoms with E-state index < -0.39 is 0 Å². The quantitative estimate of drug-likeness (QED) is 0.702. The molecular formula is C12H16N2O. The van der Waals surface area contributed by atoms with Gasteiger partial charge in [-0.25, -0.2) is 0 Å². The molecule has 1 N–H and O–H groups in total. The van der Waals surface area contributed by atoms with Gasteiger partial charge in [0.2, 0.25) is 0 Å². The van der Waals surface area contributed by atoms with Gasteiger partial charge in [-0.3, -0.25) is 4.79 Å². The predicted octanol–water partition coefficient (Wildman–Crippen LogP) is 2.15. The van der Waals surface area contributed by atoms with E-state index in [-0.39, 0.29) is 12.1 Å². The minimum atomic E-state index is 0.0621. The summed E-state index contributed by atoms with van der Waals surface area (Å²) in [5.41, 5.74) is 4.10. The molecule has 0 aromatic heterocycles. The van der Waals surface area contributed by atoms with Crippen LogP contribution in [0.25, 0.3) is 0 Å². The Morgan fingerprint density at radius 1 is 1.27 bits per heavy atom. The van der Waals surface area contributed by atoms with Gasteiger partial charge in [0.05, 0.1) is 11.7 Å². The maximum Gasteiger partial charge on any atom is 0.257 e. The van der Waals surface area contributed by atoms with Crippen molar-refractivity contribution < 1.29 is 4.79 Å². The van der Waals surface area contributed by atoms with E-state index in [2.05, 4.69) is 12.2 Å². The van der Waals surface area contributed by atoms with Crippen molar-refractivity contribution in [3.8, 4) is 0 Å². The average molecular weight is 204 g/mol. The number of nitrogens with zero attached hydrogens (tertiary/aromatic N) is 1. The first-order chi connectivity index (χ1) is 7.00. The molecule has 1 heterocycles. The number of nitrogens with one attached hydrogen (secondary N) is 1. The number of anilines is 1. The van der Waals surface area contributed by atoms with Crippen LogP contribution in [0, 0.1) is 13.8 Å². The molecule has 0 spiro atoms. The van der Waals surface area contributed by atoms with Crippen LogP contribution in [-0.2, 0) is 0 Å². The van der Waals surface area contributed by atoms with Crippen molar-refractivity contribution >= 4 is 11.6 Å². The standard InChI is InChI=1S/C12H16N2O/c1-7-5-10-11(6-8(7)2)13-9(3)14(4)12(10)15/h5-6,9,13H,1-4H3. The second kappa shape index (κ2) is 3.26. The van der Waals surface area contributed by atoms with E-state index in [1.807, 2.05) is 33.0 Å². The Kier molecular flexibility index (Phi) is 2.18. The van der Waals surface area contributed by atoms with Gasteiger partial charge >= 0.3 is 0 Å². The van der Waals surface area contributed by atoms with Crippen LogP contribution in [0.15, 0.2) is 12.1 Å². The molecular weight excluding hydrogens is 188 g/mol. The third kappa shape index (κ3) is 1.48. The minimum absolute atomic E-state index is 0.0621. The summed E-state index contributed by atoms with van der Waals surface area (Å²) in [6.45, 7) is 6.07. The van der Waals surface area contributed by atoms with Crippen molar-refractivity contribution in [1.29, 1.82) is 0 Å². The summed E-state index contributed by atoms with van der Waals surface area (Å²) in [7, 11) is 1.82. The first-order valence-electron chi connectivity index (χ1n) is 5.15. The monoisotopic (exact) mass is 204 g/mol. The summed E-state index contributed by atoms with van der Waals surface area (Å²) in [6, 6.07) is 4.01. The second-order valence-electron chi connectivity index (χ2n) is 4.22. The molecule has 1 unspecified atom stereocenters. The number of rotatable bonds is 0. The van der Waals surface area contributed by atoms with E-state index in [1.54, 1.807) is 4.90 Å². The molecule has 1 aliphatic rings. The Hall–Kier alpha value is -1.51. The molecule has 0 fully saturated rings. The molecule has 2 rings (SSSR count). The van der Waals surface area contributed by atoms with E-state index in [9.17, 15) is 4.79 Å². The van der Waals surface area contributed by atoms with Crippen LogP contribution in [0.5, 0.6) is 0 Å². The zero-order valence-electron chi connectivity index (χ0n) is 9.59. The number of aryl methyl sites for hydroxylation is 2. The van der Waals surface area contributed by atoms with Crippen LogP contribution >= 0.6 is 0 Å². The Bertz CT molecular complexity index is 426. The number of benzene rings is 1. The molecule has 3 heteroatoms. The Morgan fingerprint density at radius 3 is 2.53 bits per heavy atom. The summed E-state index contributed by atoms with van der Waals surface area (Å²) in [5, 5.41) is 3.31. The number of amides is 1. The number of carbonyl (C=O) groups is 1. The fraction of sp³-hybridized carbons (Fsp3) is 0.417. The summed E-state index contributed by atoms with van der Waals surface area (Å²) < 4.78 is 0. The summed E-state index contributed by atoms with van der Waals surface area (Å²) >= 11 is 0. The summed E-state index contributed by atoms with van der Waals surface area (Å²) in [6.07, 6.45) is 0.0621. The SMILES string of the molecule is Cc1cc2c(cc1C)C(=O)N(C)C(C)N2. The third-order valence-electron chi connectivity index (χ3n) is 3.13. The highest BCUT2D eigenvalue weighted by Gasteiger charge is 2.26. The molecule has 1 aliphatic heterocycles. The normalized spacial score (nSPS) is 19.9. The lowest BCUT2D eigenvalue weighted by Crippen LogP contribution is -2.44. The molecule has 0 radical (unpaired) electrons. The Balaban J connectivity index is 2.56. The Morgan fingerprint density at radius 2 is 1.87 bits per heavy atom. The summed E-state index contributed by atoms with van der Waals surface area (Å²) in [5.74, 6) is 0.0966. The highest BCUT2D eigenvalue weighted by atomic mass is 16.2. The molecule has 0 saturated heterocycles. The van der Waals surface area contributed by atoms with E-state index in [0.29, 0.717) is 0 Å². The van der Waals surface area contributed by atoms with Crippen LogP contribution in [-0.4, -0.2) is 24.0 Å². The van der Waals surface area contributed by atoms with E-state index in [1.165, 1.54) is 5.56 Å². The van der Waals surface area contributed by atoms with E-state index in [0.717, 1.165) is 16.8 Å². The zero-order valence-corrected chi connectivity index (χ0v) is 9.59. The van der Waals surface area contributed by atoms with Crippen LogP contribution < -0.4 is 5.32 Å². The Labute approximate surface area is 90.1 Å². The maximum atomic E-state index is 12.0. The molecule has 0 saturated carbocycles. The largest absolute Gasteiger partial charge is 0.365 e. The number of carbonyl (C=O) groups excluding carboxylic acids is 1. The molecule has 3 nitrogen and oxygen atoms in total. The van der Waals surface area contributed by atoms with Gasteiger partial charge in [0.1, 0.15) is 0 Å². The van der Waals surface area contributed by atoms with Crippen molar-refractivity contribution in [3.63, 3.8) is 0 Å². The first kappa shape index (κ1) is 10.0. The van der Waals surface area contributed by atoms with E-state index in [4.69, 9.17) is 0 Å². The topological polar surface area (TPSA) is 32.3 Å². The van der Waals surface area contributed by atoms with Gasteiger partial charge in [-0.2, -0.15) is 0 Å². The van der Waals surface area contributed by atoms with Crippen LogP contribution in [0.4, 0.5) is 5.69 Å². The van der Waals surface area contributed by atoms with Gasteiger partial charge in [0.25, 0.3) is 5.91 Å². The molecule has 15 heavy (non-hydrogen) atoms. The smallest absolute Gasteiger partial charge is 0.257 e. The highest BCUT2D eigenvalue weighted by molar-refractivity contribution is 6.01. The third-order valence-corrected chi connectivity index (χ3v) is 3.13. The van der Waals surface area contributed by atoms with Gasteiger partial charge in [-0.05, 0) is 44.0 Å². The lowest BCUT2D eigenvalue weighted by atomic mass is 10.0. The molecule has 1 atom stereocenters. The zero-order chi connectivity index (χ0) is 11.2. The maximum absolute atomic E-state index is 12.0. The second-order valence-corrected chi connectivity index (χ2v) is 4.22. The number of fused-ring (bicyclic) bond motifs is 1. The van der Waals surface area contributed by atoms with Gasteiger partial charge in [0.15, 0.2) is 0 Å².